The van der Waals surface area contributed by atoms with Crippen LogP contribution in [0.25, 0.3) is 11.3 Å². The summed E-state index contributed by atoms with van der Waals surface area (Å²) in [6.45, 7) is 6.10. The molecule has 3 nitrogen and oxygen atoms in total. The zero-order valence-electron chi connectivity index (χ0n) is 12.0. The van der Waals surface area contributed by atoms with E-state index in [1.54, 1.807) is 6.07 Å². The van der Waals surface area contributed by atoms with Crippen LogP contribution in [-0.2, 0) is 0 Å². The quantitative estimate of drug-likeness (QED) is 0.874. The molecule has 0 radical (unpaired) electrons. The molecule has 0 aliphatic rings. The Hall–Kier alpha value is -1.32. The Kier molecular flexibility index (Phi) is 4.51. The maximum absolute atomic E-state index is 6.31. The Labute approximate surface area is 129 Å². The molecule has 5 heteroatoms. The summed E-state index contributed by atoms with van der Waals surface area (Å²) in [7, 11) is 1.85. The average Bonchev–Trinajstić information content (AvgIpc) is 2.42. The zero-order valence-corrected chi connectivity index (χ0v) is 13.5. The summed E-state index contributed by atoms with van der Waals surface area (Å²) in [5.41, 5.74) is 2.61. The topological polar surface area (TPSA) is 37.8 Å². The number of hydrogen-bond donors (Lipinski definition) is 1. The van der Waals surface area contributed by atoms with Gasteiger partial charge in [0, 0.05) is 24.1 Å². The van der Waals surface area contributed by atoms with Crippen LogP contribution in [0.1, 0.15) is 31.2 Å². The van der Waals surface area contributed by atoms with E-state index in [0.717, 1.165) is 28.5 Å². The van der Waals surface area contributed by atoms with Crippen molar-refractivity contribution < 1.29 is 0 Å². The molecule has 0 atom stereocenters. The minimum Gasteiger partial charge on any atom is -0.373 e. The SMILES string of the molecule is CNc1nc(C(C)C)nc(-c2cccc(Cl)c2Cl)c1C. The summed E-state index contributed by atoms with van der Waals surface area (Å²) >= 11 is 12.4. The zero-order chi connectivity index (χ0) is 14.9. The van der Waals surface area contributed by atoms with Gasteiger partial charge in [-0.25, -0.2) is 9.97 Å². The fourth-order valence-electron chi connectivity index (χ4n) is 1.98. The molecule has 1 N–H and O–H groups in total. The maximum Gasteiger partial charge on any atom is 0.133 e. The second-order valence-electron chi connectivity index (χ2n) is 4.91. The van der Waals surface area contributed by atoms with Crippen molar-refractivity contribution in [3.63, 3.8) is 0 Å². The molecule has 2 aromatic rings. The highest BCUT2D eigenvalue weighted by molar-refractivity contribution is 6.43. The van der Waals surface area contributed by atoms with Crippen LogP contribution in [0.2, 0.25) is 10.0 Å². The van der Waals surface area contributed by atoms with E-state index in [1.165, 1.54) is 0 Å². The molecule has 0 bridgehead atoms. The van der Waals surface area contributed by atoms with Crippen molar-refractivity contribution in [2.24, 2.45) is 0 Å². The fraction of sp³-hybridized carbons (Fsp3) is 0.333. The van der Waals surface area contributed by atoms with Crippen LogP contribution >= 0.6 is 23.2 Å². The molecule has 106 valence electrons. The lowest BCUT2D eigenvalue weighted by Gasteiger charge is -2.15. The molecule has 0 spiro atoms. The van der Waals surface area contributed by atoms with Crippen molar-refractivity contribution in [2.45, 2.75) is 26.7 Å². The molecular weight excluding hydrogens is 293 g/mol. The van der Waals surface area contributed by atoms with Crippen molar-refractivity contribution in [1.29, 1.82) is 0 Å². The first-order valence-electron chi connectivity index (χ1n) is 6.46. The summed E-state index contributed by atoms with van der Waals surface area (Å²) in [6, 6.07) is 5.57. The minimum atomic E-state index is 0.236. The molecule has 0 fully saturated rings. The number of benzene rings is 1. The highest BCUT2D eigenvalue weighted by atomic mass is 35.5. The number of halogens is 2. The van der Waals surface area contributed by atoms with Gasteiger partial charge >= 0.3 is 0 Å². The van der Waals surface area contributed by atoms with Crippen molar-refractivity contribution in [1.82, 2.24) is 9.97 Å². The number of rotatable bonds is 3. The van der Waals surface area contributed by atoms with Crippen LogP contribution in [0.3, 0.4) is 0 Å². The highest BCUT2D eigenvalue weighted by Gasteiger charge is 2.16. The maximum atomic E-state index is 6.31. The number of nitrogens with one attached hydrogen (secondary N) is 1. The molecule has 0 amide bonds. The van der Waals surface area contributed by atoms with Gasteiger partial charge in [-0.3, -0.25) is 0 Å². The Morgan fingerprint density at radius 1 is 1.15 bits per heavy atom. The van der Waals surface area contributed by atoms with Gasteiger partial charge in [0.25, 0.3) is 0 Å². The van der Waals surface area contributed by atoms with Gasteiger partial charge in [0.2, 0.25) is 0 Å². The van der Waals surface area contributed by atoms with E-state index in [4.69, 9.17) is 23.2 Å². The summed E-state index contributed by atoms with van der Waals surface area (Å²) in [5.74, 6) is 1.83. The van der Waals surface area contributed by atoms with E-state index in [2.05, 4.69) is 29.1 Å². The Bertz CT molecular complexity index is 639. The van der Waals surface area contributed by atoms with Crippen LogP contribution in [0.4, 0.5) is 5.82 Å². The summed E-state index contributed by atoms with van der Waals surface area (Å²) in [6.07, 6.45) is 0. The number of anilines is 1. The molecule has 0 aliphatic heterocycles. The molecule has 0 aliphatic carbocycles. The first-order valence-corrected chi connectivity index (χ1v) is 7.22. The number of hydrogen-bond acceptors (Lipinski definition) is 3. The van der Waals surface area contributed by atoms with Crippen molar-refractivity contribution in [2.75, 3.05) is 12.4 Å². The first-order chi connectivity index (χ1) is 9.45. The molecule has 2 rings (SSSR count). The third-order valence-corrected chi connectivity index (χ3v) is 3.94. The van der Waals surface area contributed by atoms with E-state index in [1.807, 2.05) is 26.1 Å². The normalized spacial score (nSPS) is 10.9. The van der Waals surface area contributed by atoms with Crippen LogP contribution in [0.5, 0.6) is 0 Å². The van der Waals surface area contributed by atoms with Crippen LogP contribution in [0, 0.1) is 6.92 Å². The Morgan fingerprint density at radius 2 is 1.85 bits per heavy atom. The van der Waals surface area contributed by atoms with Gasteiger partial charge in [0.15, 0.2) is 0 Å². The van der Waals surface area contributed by atoms with Crippen molar-refractivity contribution in [3.05, 3.63) is 39.6 Å². The predicted octanol–water partition coefficient (Wildman–Crippen LogP) is 4.92. The van der Waals surface area contributed by atoms with E-state index >= 15 is 0 Å². The second kappa shape index (κ2) is 5.98. The van der Waals surface area contributed by atoms with E-state index in [0.29, 0.717) is 10.0 Å². The molecule has 1 heterocycles. The largest absolute Gasteiger partial charge is 0.373 e. The van der Waals surface area contributed by atoms with Crippen LogP contribution in [-0.4, -0.2) is 17.0 Å². The van der Waals surface area contributed by atoms with Crippen molar-refractivity contribution >= 4 is 29.0 Å². The average molecular weight is 310 g/mol. The smallest absolute Gasteiger partial charge is 0.133 e. The summed E-state index contributed by atoms with van der Waals surface area (Å²) in [5, 5.41) is 4.16. The van der Waals surface area contributed by atoms with Gasteiger partial charge < -0.3 is 5.32 Å². The molecule has 0 saturated heterocycles. The molecular formula is C15H17Cl2N3. The van der Waals surface area contributed by atoms with Crippen LogP contribution in [0.15, 0.2) is 18.2 Å². The molecule has 0 saturated carbocycles. The fourth-order valence-corrected chi connectivity index (χ4v) is 2.37. The molecule has 1 aromatic carbocycles. The number of aromatic nitrogens is 2. The lowest BCUT2D eigenvalue weighted by atomic mass is 10.1. The van der Waals surface area contributed by atoms with Gasteiger partial charge in [-0.15, -0.1) is 0 Å². The third-order valence-electron chi connectivity index (χ3n) is 3.12. The molecule has 0 unspecified atom stereocenters. The van der Waals surface area contributed by atoms with Gasteiger partial charge in [-0.2, -0.15) is 0 Å². The number of nitrogens with zero attached hydrogens (tertiary/aromatic N) is 2. The lowest BCUT2D eigenvalue weighted by molar-refractivity contribution is 0.775. The monoisotopic (exact) mass is 309 g/mol. The van der Waals surface area contributed by atoms with Crippen molar-refractivity contribution in [3.8, 4) is 11.3 Å². The van der Waals surface area contributed by atoms with Gasteiger partial charge in [0.05, 0.1) is 15.7 Å². The Balaban J connectivity index is 2.72. The predicted molar refractivity (Wildman–Crippen MR) is 85.9 cm³/mol. The second-order valence-corrected chi connectivity index (χ2v) is 5.70. The van der Waals surface area contributed by atoms with Crippen LogP contribution < -0.4 is 5.32 Å². The molecule has 1 aromatic heterocycles. The molecule has 20 heavy (non-hydrogen) atoms. The van der Waals surface area contributed by atoms with E-state index < -0.39 is 0 Å². The standard InChI is InChI=1S/C15H17Cl2N3/c1-8(2)14-19-13(9(3)15(18-4)20-14)10-6-5-7-11(16)12(10)17/h5-8H,1-4H3,(H,18,19,20). The summed E-state index contributed by atoms with van der Waals surface area (Å²) < 4.78 is 0. The highest BCUT2D eigenvalue weighted by Crippen LogP contribution is 2.35. The first kappa shape index (κ1) is 15.1. The Morgan fingerprint density at radius 3 is 2.45 bits per heavy atom. The summed E-state index contributed by atoms with van der Waals surface area (Å²) in [4.78, 5) is 9.19. The van der Waals surface area contributed by atoms with E-state index in [-0.39, 0.29) is 5.92 Å². The van der Waals surface area contributed by atoms with Gasteiger partial charge in [-0.1, -0.05) is 49.2 Å². The van der Waals surface area contributed by atoms with E-state index in [9.17, 15) is 0 Å². The lowest BCUT2D eigenvalue weighted by Crippen LogP contribution is -2.06. The minimum absolute atomic E-state index is 0.236. The van der Waals surface area contributed by atoms with Gasteiger partial charge in [-0.05, 0) is 13.0 Å². The third kappa shape index (κ3) is 2.74. The van der Waals surface area contributed by atoms with Gasteiger partial charge in [0.1, 0.15) is 11.6 Å².